The molecule has 0 atom stereocenters. The maximum Gasteiger partial charge on any atom is 0.303 e. The molecule has 20 heavy (non-hydrogen) atoms. The van der Waals surface area contributed by atoms with E-state index in [2.05, 4.69) is 5.32 Å². The number of carboxylic acids is 1. The van der Waals surface area contributed by atoms with E-state index >= 15 is 0 Å². The van der Waals surface area contributed by atoms with Gasteiger partial charge in [-0.15, -0.1) is 0 Å². The molecule has 6 heteroatoms. The number of unbranched alkanes of at least 4 members (excludes halogenated alkanes) is 1. The number of aliphatic carboxylic acids is 1. The van der Waals surface area contributed by atoms with Crippen LogP contribution in [0.4, 0.5) is 0 Å². The fourth-order valence-electron chi connectivity index (χ4n) is 1.77. The third-order valence-corrected chi connectivity index (χ3v) is 2.78. The predicted octanol–water partition coefficient (Wildman–Crippen LogP) is 1.40. The summed E-state index contributed by atoms with van der Waals surface area (Å²) in [5.74, 6) is -1.06. The second-order valence-corrected chi connectivity index (χ2v) is 4.77. The van der Waals surface area contributed by atoms with Crippen LogP contribution in [-0.2, 0) is 14.4 Å². The van der Waals surface area contributed by atoms with Crippen molar-refractivity contribution < 1.29 is 19.5 Å². The highest BCUT2D eigenvalue weighted by Gasteiger charge is 2.15. The summed E-state index contributed by atoms with van der Waals surface area (Å²) < 4.78 is 0. The molecule has 0 rings (SSSR count). The molecule has 0 spiro atoms. The first-order valence-electron chi connectivity index (χ1n) is 7.27. The van der Waals surface area contributed by atoms with Crippen molar-refractivity contribution in [2.45, 2.75) is 52.4 Å². The molecule has 0 heterocycles. The quantitative estimate of drug-likeness (QED) is 0.562. The number of hydrogen-bond donors (Lipinski definition) is 2. The van der Waals surface area contributed by atoms with Crippen molar-refractivity contribution in [3.05, 3.63) is 0 Å². The summed E-state index contributed by atoms with van der Waals surface area (Å²) >= 11 is 0. The molecule has 0 aromatic rings. The monoisotopic (exact) mass is 286 g/mol. The van der Waals surface area contributed by atoms with Crippen molar-refractivity contribution in [2.24, 2.45) is 0 Å². The van der Waals surface area contributed by atoms with E-state index in [1.807, 2.05) is 13.8 Å². The topological polar surface area (TPSA) is 86.7 Å². The minimum Gasteiger partial charge on any atom is -0.481 e. The van der Waals surface area contributed by atoms with Gasteiger partial charge in [-0.1, -0.05) is 13.8 Å². The predicted molar refractivity (Wildman–Crippen MR) is 76.3 cm³/mol. The molecule has 0 radical (unpaired) electrons. The van der Waals surface area contributed by atoms with Crippen molar-refractivity contribution in [3.8, 4) is 0 Å². The first-order valence-corrected chi connectivity index (χ1v) is 7.27. The fraction of sp³-hybridized carbons (Fsp3) is 0.786. The van der Waals surface area contributed by atoms with E-state index in [9.17, 15) is 14.4 Å². The summed E-state index contributed by atoms with van der Waals surface area (Å²) in [7, 11) is 0. The van der Waals surface area contributed by atoms with E-state index in [-0.39, 0.29) is 24.8 Å². The van der Waals surface area contributed by atoms with Gasteiger partial charge in [0.05, 0.1) is 6.54 Å². The summed E-state index contributed by atoms with van der Waals surface area (Å²) in [5, 5.41) is 11.3. The Hall–Kier alpha value is -1.59. The van der Waals surface area contributed by atoms with Crippen LogP contribution in [0.25, 0.3) is 0 Å². The van der Waals surface area contributed by atoms with Crippen LogP contribution in [0.1, 0.15) is 52.4 Å². The molecule has 0 saturated carbocycles. The Bertz CT molecular complexity index is 318. The summed E-state index contributed by atoms with van der Waals surface area (Å²) in [4.78, 5) is 35.5. The average molecular weight is 286 g/mol. The smallest absolute Gasteiger partial charge is 0.303 e. The van der Waals surface area contributed by atoms with Crippen LogP contribution in [-0.4, -0.2) is 47.4 Å². The van der Waals surface area contributed by atoms with Gasteiger partial charge in [0.1, 0.15) is 0 Å². The van der Waals surface area contributed by atoms with Crippen LogP contribution in [0.2, 0.25) is 0 Å². The second kappa shape index (κ2) is 11.3. The molecule has 0 aromatic heterocycles. The molecule has 0 fully saturated rings. The summed E-state index contributed by atoms with van der Waals surface area (Å²) in [5.41, 5.74) is 0. The van der Waals surface area contributed by atoms with Crippen LogP contribution < -0.4 is 5.32 Å². The Morgan fingerprint density at radius 3 is 2.25 bits per heavy atom. The number of nitrogens with one attached hydrogen (secondary N) is 1. The van der Waals surface area contributed by atoms with Crippen LogP contribution in [0.3, 0.4) is 0 Å². The van der Waals surface area contributed by atoms with Gasteiger partial charge in [0.15, 0.2) is 0 Å². The molecule has 0 bridgehead atoms. The number of carbonyl (C=O) groups is 3. The first-order chi connectivity index (χ1) is 9.51. The van der Waals surface area contributed by atoms with E-state index in [0.29, 0.717) is 32.4 Å². The van der Waals surface area contributed by atoms with Gasteiger partial charge in [-0.05, 0) is 25.7 Å². The molecule has 0 aliphatic rings. The Labute approximate surface area is 120 Å². The van der Waals surface area contributed by atoms with Crippen LogP contribution in [0, 0.1) is 0 Å². The highest BCUT2D eigenvalue weighted by atomic mass is 16.4. The Morgan fingerprint density at radius 1 is 1.05 bits per heavy atom. The number of carboxylic acid groups (broad SMARTS) is 1. The molecule has 6 nitrogen and oxygen atoms in total. The van der Waals surface area contributed by atoms with Crippen LogP contribution >= 0.6 is 0 Å². The second-order valence-electron chi connectivity index (χ2n) is 4.77. The highest BCUT2D eigenvalue weighted by Crippen LogP contribution is 2.04. The summed E-state index contributed by atoms with van der Waals surface area (Å²) in [6.07, 6.45) is 3.07. The highest BCUT2D eigenvalue weighted by molar-refractivity contribution is 5.84. The lowest BCUT2D eigenvalue weighted by molar-refractivity contribution is -0.138. The summed E-state index contributed by atoms with van der Waals surface area (Å²) in [6.45, 7) is 5.18. The van der Waals surface area contributed by atoms with E-state index in [1.165, 1.54) is 0 Å². The van der Waals surface area contributed by atoms with Crippen molar-refractivity contribution in [2.75, 3.05) is 19.6 Å². The minimum atomic E-state index is -0.846. The molecule has 2 amide bonds. The van der Waals surface area contributed by atoms with Gasteiger partial charge in [-0.25, -0.2) is 0 Å². The summed E-state index contributed by atoms with van der Waals surface area (Å²) in [6, 6.07) is 0. The zero-order chi connectivity index (χ0) is 15.4. The van der Waals surface area contributed by atoms with Gasteiger partial charge < -0.3 is 15.3 Å². The van der Waals surface area contributed by atoms with E-state index in [4.69, 9.17) is 5.11 Å². The number of carbonyl (C=O) groups excluding carboxylic acids is 2. The lowest BCUT2D eigenvalue weighted by Gasteiger charge is -2.21. The fourth-order valence-corrected chi connectivity index (χ4v) is 1.77. The van der Waals surface area contributed by atoms with Gasteiger partial charge >= 0.3 is 5.97 Å². The first kappa shape index (κ1) is 18.4. The molecule has 2 N–H and O–H groups in total. The molecular formula is C14H26N2O4. The normalized spacial score (nSPS) is 10.1. The zero-order valence-electron chi connectivity index (χ0n) is 12.5. The largest absolute Gasteiger partial charge is 0.481 e. The average Bonchev–Trinajstić information content (AvgIpc) is 2.40. The lowest BCUT2D eigenvalue weighted by atomic mass is 10.1. The zero-order valence-corrected chi connectivity index (χ0v) is 12.5. The van der Waals surface area contributed by atoms with Crippen molar-refractivity contribution >= 4 is 17.8 Å². The third-order valence-electron chi connectivity index (χ3n) is 2.78. The van der Waals surface area contributed by atoms with Crippen molar-refractivity contribution in [3.63, 3.8) is 0 Å². The maximum atomic E-state index is 12.0. The Morgan fingerprint density at radius 2 is 1.70 bits per heavy atom. The minimum absolute atomic E-state index is 0.0797. The molecule has 0 aliphatic heterocycles. The Kier molecular flexibility index (Phi) is 10.4. The standard InChI is InChI=1S/C14H26N2O4/c1-3-9-15-12(17)11-16(10-4-2)13(18)7-5-6-8-14(19)20/h3-11H2,1-2H3,(H,15,17)(H,19,20). The van der Waals surface area contributed by atoms with E-state index in [0.717, 1.165) is 12.8 Å². The van der Waals surface area contributed by atoms with Crippen LogP contribution in [0.5, 0.6) is 0 Å². The van der Waals surface area contributed by atoms with E-state index < -0.39 is 5.97 Å². The van der Waals surface area contributed by atoms with Gasteiger partial charge in [0.2, 0.25) is 11.8 Å². The number of amides is 2. The van der Waals surface area contributed by atoms with Gasteiger partial charge in [-0.3, -0.25) is 14.4 Å². The number of hydrogen-bond acceptors (Lipinski definition) is 3. The number of nitrogens with zero attached hydrogens (tertiary/aromatic N) is 1. The van der Waals surface area contributed by atoms with Gasteiger partial charge in [0.25, 0.3) is 0 Å². The van der Waals surface area contributed by atoms with E-state index in [1.54, 1.807) is 4.90 Å². The molecule has 0 aromatic carbocycles. The van der Waals surface area contributed by atoms with Gasteiger partial charge in [-0.2, -0.15) is 0 Å². The molecular weight excluding hydrogens is 260 g/mol. The maximum absolute atomic E-state index is 12.0. The Balaban J connectivity index is 4.11. The van der Waals surface area contributed by atoms with Crippen LogP contribution in [0.15, 0.2) is 0 Å². The molecule has 0 unspecified atom stereocenters. The third kappa shape index (κ3) is 9.35. The number of rotatable bonds is 11. The molecule has 0 aliphatic carbocycles. The molecule has 116 valence electrons. The van der Waals surface area contributed by atoms with Gasteiger partial charge in [0, 0.05) is 25.9 Å². The SMILES string of the molecule is CCCNC(=O)CN(CCC)C(=O)CCCCC(=O)O. The molecule has 0 saturated heterocycles. The van der Waals surface area contributed by atoms with Crippen molar-refractivity contribution in [1.82, 2.24) is 10.2 Å². The lowest BCUT2D eigenvalue weighted by Crippen LogP contribution is -2.41. The van der Waals surface area contributed by atoms with Crippen molar-refractivity contribution in [1.29, 1.82) is 0 Å².